The third-order valence-electron chi connectivity index (χ3n) is 3.27. The second-order valence-electron chi connectivity index (χ2n) is 4.95. The van der Waals surface area contributed by atoms with Crippen molar-refractivity contribution in [2.45, 2.75) is 37.1 Å². The first-order chi connectivity index (χ1) is 10.1. The Kier molecular flexibility index (Phi) is 4.30. The third-order valence-corrected chi connectivity index (χ3v) is 6.65. The highest BCUT2D eigenvalue weighted by Crippen LogP contribution is 2.41. The van der Waals surface area contributed by atoms with E-state index in [9.17, 15) is 8.42 Å². The van der Waals surface area contributed by atoms with Gasteiger partial charge in [0.25, 0.3) is 10.0 Å². The maximum absolute atomic E-state index is 12.5. The van der Waals surface area contributed by atoms with Crippen molar-refractivity contribution in [3.63, 3.8) is 0 Å². The summed E-state index contributed by atoms with van der Waals surface area (Å²) in [6.07, 6.45) is 2.32. The Morgan fingerprint density at radius 1 is 1.38 bits per heavy atom. The number of thiophene rings is 1. The Labute approximate surface area is 132 Å². The van der Waals surface area contributed by atoms with Crippen molar-refractivity contribution in [2.75, 3.05) is 11.3 Å². The van der Waals surface area contributed by atoms with Gasteiger partial charge in [0.1, 0.15) is 4.90 Å². The summed E-state index contributed by atoms with van der Waals surface area (Å²) in [7, 11) is -3.55. The van der Waals surface area contributed by atoms with Gasteiger partial charge >= 0.3 is 0 Å². The molecule has 3 rings (SSSR count). The van der Waals surface area contributed by atoms with Crippen LogP contribution in [0.5, 0.6) is 0 Å². The van der Waals surface area contributed by atoms with E-state index >= 15 is 0 Å². The maximum Gasteiger partial charge on any atom is 0.264 e. The molecule has 0 aliphatic heterocycles. The lowest BCUT2D eigenvalue weighted by Crippen LogP contribution is -2.17. The number of nitrogens with zero attached hydrogens (tertiary/aromatic N) is 1. The fourth-order valence-corrected chi connectivity index (χ4v) is 5.46. The summed E-state index contributed by atoms with van der Waals surface area (Å²) >= 11 is 2.80. The molecule has 0 amide bonds. The Bertz CT molecular complexity index is 717. The smallest absolute Gasteiger partial charge is 0.264 e. The largest absolute Gasteiger partial charge is 0.312 e. The molecular weight excluding hydrogens is 326 g/mol. The molecule has 0 bridgehead atoms. The lowest BCUT2D eigenvalue weighted by Gasteiger charge is -2.06. The first kappa shape index (κ1) is 15.0. The molecule has 5 nitrogen and oxygen atoms in total. The molecule has 114 valence electrons. The topological polar surface area (TPSA) is 71.1 Å². The van der Waals surface area contributed by atoms with Crippen LogP contribution in [0.4, 0.5) is 5.13 Å². The van der Waals surface area contributed by atoms with E-state index in [0.29, 0.717) is 22.5 Å². The van der Waals surface area contributed by atoms with E-state index in [0.717, 1.165) is 30.0 Å². The van der Waals surface area contributed by atoms with Crippen molar-refractivity contribution in [1.29, 1.82) is 0 Å². The molecule has 2 heterocycles. The van der Waals surface area contributed by atoms with Gasteiger partial charge in [0.05, 0.1) is 5.69 Å². The van der Waals surface area contributed by atoms with Gasteiger partial charge in [-0.3, -0.25) is 4.72 Å². The van der Waals surface area contributed by atoms with Crippen LogP contribution < -0.4 is 10.0 Å². The Morgan fingerprint density at radius 3 is 2.90 bits per heavy atom. The van der Waals surface area contributed by atoms with Crippen LogP contribution in [0.25, 0.3) is 0 Å². The molecule has 2 aromatic heterocycles. The van der Waals surface area contributed by atoms with E-state index in [2.05, 4.69) is 15.0 Å². The van der Waals surface area contributed by atoms with Gasteiger partial charge in [-0.2, -0.15) is 0 Å². The van der Waals surface area contributed by atoms with Crippen LogP contribution in [0.3, 0.4) is 0 Å². The molecule has 0 aromatic carbocycles. The van der Waals surface area contributed by atoms with Crippen molar-refractivity contribution in [3.8, 4) is 0 Å². The fraction of sp³-hybridized carbons (Fsp3) is 0.462. The number of nitrogens with one attached hydrogen (secondary N) is 2. The summed E-state index contributed by atoms with van der Waals surface area (Å²) in [5.41, 5.74) is 1.01. The van der Waals surface area contributed by atoms with Gasteiger partial charge in [0.15, 0.2) is 5.13 Å². The molecule has 2 aromatic rings. The first-order valence-electron chi connectivity index (χ1n) is 6.85. The molecule has 21 heavy (non-hydrogen) atoms. The lowest BCUT2D eigenvalue weighted by molar-refractivity contribution is 0.599. The molecule has 1 aliphatic rings. The standard InChI is InChI=1S/C13H17N3O2S3/c1-2-14-7-11-12(5-6-19-11)21(17,18)16-13-15-10(8-20-13)9-3-4-9/h5-6,8-9,14H,2-4,7H2,1H3,(H,15,16). The number of rotatable bonds is 7. The normalized spacial score (nSPS) is 15.3. The molecule has 0 radical (unpaired) electrons. The highest BCUT2D eigenvalue weighted by atomic mass is 32.2. The van der Waals surface area contributed by atoms with Crippen molar-refractivity contribution in [1.82, 2.24) is 10.3 Å². The number of thiazole rings is 1. The molecule has 1 aliphatic carbocycles. The molecule has 0 saturated heterocycles. The Hall–Kier alpha value is -0.960. The zero-order valence-electron chi connectivity index (χ0n) is 11.6. The van der Waals surface area contributed by atoms with Crippen molar-refractivity contribution >= 4 is 37.8 Å². The molecule has 8 heteroatoms. The second kappa shape index (κ2) is 6.04. The van der Waals surface area contributed by atoms with E-state index in [-0.39, 0.29) is 0 Å². The Morgan fingerprint density at radius 2 is 2.19 bits per heavy atom. The van der Waals surface area contributed by atoms with Crippen LogP contribution in [-0.4, -0.2) is 19.9 Å². The van der Waals surface area contributed by atoms with Crippen LogP contribution in [0.1, 0.15) is 36.3 Å². The maximum atomic E-state index is 12.5. The van der Waals surface area contributed by atoms with Gasteiger partial charge in [-0.1, -0.05) is 6.92 Å². The average Bonchev–Trinajstić information content (AvgIpc) is 3.00. The predicted octanol–water partition coefficient (Wildman–Crippen LogP) is 2.99. The minimum atomic E-state index is -3.55. The number of aromatic nitrogens is 1. The summed E-state index contributed by atoms with van der Waals surface area (Å²) in [6, 6.07) is 1.65. The van der Waals surface area contributed by atoms with Crippen molar-refractivity contribution in [2.24, 2.45) is 0 Å². The summed E-state index contributed by atoms with van der Waals surface area (Å²) in [6.45, 7) is 3.37. The summed E-state index contributed by atoms with van der Waals surface area (Å²) < 4.78 is 27.6. The van der Waals surface area contributed by atoms with Crippen LogP contribution in [0, 0.1) is 0 Å². The summed E-state index contributed by atoms with van der Waals surface area (Å²) in [5, 5.41) is 7.37. The first-order valence-corrected chi connectivity index (χ1v) is 10.1. The number of hydrogen-bond donors (Lipinski definition) is 2. The highest BCUT2D eigenvalue weighted by molar-refractivity contribution is 7.93. The van der Waals surface area contributed by atoms with Crippen LogP contribution in [0.2, 0.25) is 0 Å². The van der Waals surface area contributed by atoms with Crippen LogP contribution in [0.15, 0.2) is 21.7 Å². The third kappa shape index (κ3) is 3.45. The van der Waals surface area contributed by atoms with E-state index in [1.165, 1.54) is 22.7 Å². The molecular formula is C13H17N3O2S3. The molecule has 2 N–H and O–H groups in total. The van der Waals surface area contributed by atoms with E-state index < -0.39 is 10.0 Å². The van der Waals surface area contributed by atoms with Crippen LogP contribution in [-0.2, 0) is 16.6 Å². The minimum absolute atomic E-state index is 0.344. The van der Waals surface area contributed by atoms with Gasteiger partial charge in [-0.15, -0.1) is 22.7 Å². The molecule has 1 fully saturated rings. The molecule has 1 saturated carbocycles. The van der Waals surface area contributed by atoms with Gasteiger partial charge in [-0.25, -0.2) is 13.4 Å². The van der Waals surface area contributed by atoms with E-state index in [1.54, 1.807) is 11.4 Å². The summed E-state index contributed by atoms with van der Waals surface area (Å²) in [4.78, 5) is 5.54. The number of hydrogen-bond acceptors (Lipinski definition) is 6. The zero-order chi connectivity index (χ0) is 14.9. The number of sulfonamides is 1. The predicted molar refractivity (Wildman–Crippen MR) is 86.6 cm³/mol. The fourth-order valence-electron chi connectivity index (χ4n) is 2.01. The summed E-state index contributed by atoms with van der Waals surface area (Å²) in [5.74, 6) is 0.532. The molecule has 0 spiro atoms. The van der Waals surface area contributed by atoms with Gasteiger partial charge < -0.3 is 5.32 Å². The molecule has 0 unspecified atom stereocenters. The zero-order valence-corrected chi connectivity index (χ0v) is 14.1. The molecule has 0 atom stereocenters. The van der Waals surface area contributed by atoms with E-state index in [1.807, 2.05) is 12.3 Å². The Balaban J connectivity index is 1.77. The van der Waals surface area contributed by atoms with Crippen molar-refractivity contribution < 1.29 is 8.42 Å². The monoisotopic (exact) mass is 343 g/mol. The van der Waals surface area contributed by atoms with Gasteiger partial charge in [0.2, 0.25) is 0 Å². The quantitative estimate of drug-likeness (QED) is 0.811. The highest BCUT2D eigenvalue weighted by Gasteiger charge is 2.27. The van der Waals surface area contributed by atoms with Gasteiger partial charge in [-0.05, 0) is 30.8 Å². The second-order valence-corrected chi connectivity index (χ2v) is 8.46. The van der Waals surface area contributed by atoms with E-state index in [4.69, 9.17) is 0 Å². The van der Waals surface area contributed by atoms with Crippen molar-refractivity contribution in [3.05, 3.63) is 27.4 Å². The SMILES string of the molecule is CCNCc1sccc1S(=O)(=O)Nc1nc(C2CC2)cs1. The number of anilines is 1. The average molecular weight is 343 g/mol. The lowest BCUT2D eigenvalue weighted by atomic mass is 10.3. The van der Waals surface area contributed by atoms with Gasteiger partial charge in [0, 0.05) is 22.7 Å². The van der Waals surface area contributed by atoms with Crippen LogP contribution >= 0.6 is 22.7 Å². The minimum Gasteiger partial charge on any atom is -0.312 e.